The van der Waals surface area contributed by atoms with E-state index in [-0.39, 0.29) is 17.0 Å². The molecule has 1 N–H and O–H groups in total. The van der Waals surface area contributed by atoms with Crippen LogP contribution in [0.1, 0.15) is 16.7 Å². The highest BCUT2D eigenvalue weighted by Crippen LogP contribution is 2.37. The number of nitrogens with one attached hydrogen (secondary N) is 1. The summed E-state index contributed by atoms with van der Waals surface area (Å²) in [6.45, 7) is 3.83. The molecule has 32 heavy (non-hydrogen) atoms. The Bertz CT molecular complexity index is 1280. The van der Waals surface area contributed by atoms with Crippen LogP contribution in [-0.2, 0) is 9.59 Å². The van der Waals surface area contributed by atoms with Gasteiger partial charge in [-0.25, -0.2) is 13.7 Å². The van der Waals surface area contributed by atoms with Crippen LogP contribution in [0.25, 0.3) is 5.57 Å². The Hall–Kier alpha value is -4.00. The second kappa shape index (κ2) is 8.26. The van der Waals surface area contributed by atoms with Gasteiger partial charge in [0.1, 0.15) is 23.1 Å². The van der Waals surface area contributed by atoms with Gasteiger partial charge in [-0.1, -0.05) is 30.3 Å². The fourth-order valence-electron chi connectivity index (χ4n) is 3.57. The van der Waals surface area contributed by atoms with Crippen molar-refractivity contribution in [3.63, 3.8) is 0 Å². The van der Waals surface area contributed by atoms with Crippen molar-refractivity contribution < 1.29 is 23.1 Å². The number of ether oxygens (including phenoxy) is 1. The second-order valence-electron chi connectivity index (χ2n) is 7.42. The third kappa shape index (κ3) is 3.62. The summed E-state index contributed by atoms with van der Waals surface area (Å²) in [7, 11) is 1.49. The van der Waals surface area contributed by atoms with E-state index in [1.807, 2.05) is 19.9 Å². The molecule has 2 amide bonds. The summed E-state index contributed by atoms with van der Waals surface area (Å²) in [5.74, 6) is -2.81. The first-order valence-corrected chi connectivity index (χ1v) is 9.87. The Morgan fingerprint density at radius 1 is 0.875 bits per heavy atom. The van der Waals surface area contributed by atoms with Crippen molar-refractivity contribution in [2.24, 2.45) is 0 Å². The summed E-state index contributed by atoms with van der Waals surface area (Å²) in [4.78, 5) is 27.5. The van der Waals surface area contributed by atoms with E-state index in [4.69, 9.17) is 4.74 Å². The van der Waals surface area contributed by atoms with E-state index >= 15 is 0 Å². The zero-order valence-corrected chi connectivity index (χ0v) is 17.7. The van der Waals surface area contributed by atoms with E-state index in [9.17, 15) is 18.4 Å². The lowest BCUT2D eigenvalue weighted by Crippen LogP contribution is -2.33. The lowest BCUT2D eigenvalue weighted by Gasteiger charge is -2.16. The maximum absolute atomic E-state index is 14.5. The Balaban J connectivity index is 1.88. The molecule has 0 aliphatic carbocycles. The van der Waals surface area contributed by atoms with E-state index in [1.165, 1.54) is 7.11 Å². The number of hydrogen-bond donors (Lipinski definition) is 1. The van der Waals surface area contributed by atoms with Crippen molar-refractivity contribution in [1.82, 2.24) is 0 Å². The topological polar surface area (TPSA) is 58.6 Å². The van der Waals surface area contributed by atoms with Crippen molar-refractivity contribution in [2.75, 3.05) is 17.3 Å². The zero-order chi connectivity index (χ0) is 23.0. The number of halogens is 2. The van der Waals surface area contributed by atoms with Gasteiger partial charge in [0.15, 0.2) is 0 Å². The quantitative estimate of drug-likeness (QED) is 0.575. The number of nitrogens with zero attached hydrogens (tertiary/aromatic N) is 1. The van der Waals surface area contributed by atoms with Crippen LogP contribution in [0.4, 0.5) is 20.2 Å². The molecule has 0 unspecified atom stereocenters. The highest BCUT2D eigenvalue weighted by Gasteiger charge is 2.41. The molecule has 0 saturated carbocycles. The molecule has 0 atom stereocenters. The van der Waals surface area contributed by atoms with E-state index in [0.717, 1.165) is 28.2 Å². The summed E-state index contributed by atoms with van der Waals surface area (Å²) < 4.78 is 33.3. The maximum Gasteiger partial charge on any atom is 0.282 e. The summed E-state index contributed by atoms with van der Waals surface area (Å²) in [5.41, 5.74) is 2.67. The molecule has 0 fully saturated rings. The lowest BCUT2D eigenvalue weighted by molar-refractivity contribution is -0.120. The Kier molecular flexibility index (Phi) is 5.48. The first-order chi connectivity index (χ1) is 15.3. The number of carbonyl (C=O) groups is 2. The van der Waals surface area contributed by atoms with Gasteiger partial charge in [0.2, 0.25) is 0 Å². The number of rotatable bonds is 5. The van der Waals surface area contributed by atoms with Gasteiger partial charge in [0.05, 0.1) is 24.1 Å². The maximum atomic E-state index is 14.5. The average Bonchev–Trinajstić information content (AvgIpc) is 3.00. The molecule has 0 bridgehead atoms. The average molecular weight is 434 g/mol. The molecular weight excluding hydrogens is 414 g/mol. The van der Waals surface area contributed by atoms with Crippen LogP contribution in [0.15, 0.2) is 66.4 Å². The molecule has 1 heterocycles. The van der Waals surface area contributed by atoms with Crippen LogP contribution >= 0.6 is 0 Å². The number of anilines is 2. The van der Waals surface area contributed by atoms with Gasteiger partial charge in [-0.2, -0.15) is 0 Å². The van der Waals surface area contributed by atoms with Gasteiger partial charge in [-0.15, -0.1) is 0 Å². The molecule has 0 spiro atoms. The first-order valence-electron chi connectivity index (χ1n) is 9.87. The third-order valence-corrected chi connectivity index (χ3v) is 5.40. The Morgan fingerprint density at radius 2 is 1.62 bits per heavy atom. The molecule has 3 aromatic carbocycles. The normalized spacial score (nSPS) is 13.7. The van der Waals surface area contributed by atoms with Crippen LogP contribution in [0.2, 0.25) is 0 Å². The van der Waals surface area contributed by atoms with Crippen molar-refractivity contribution in [3.05, 3.63) is 94.7 Å². The SMILES string of the molecule is COc1ccccc1NC1=C(c2ccc(C)c(C)c2)C(=O)N(c2ccc(F)cc2F)C1=O. The molecule has 7 heteroatoms. The molecule has 0 saturated heterocycles. The van der Waals surface area contributed by atoms with E-state index in [0.29, 0.717) is 23.1 Å². The Labute approximate surface area is 183 Å². The molecule has 3 aromatic rings. The number of imide groups is 1. The van der Waals surface area contributed by atoms with Crippen molar-refractivity contribution in [2.45, 2.75) is 13.8 Å². The van der Waals surface area contributed by atoms with Crippen molar-refractivity contribution >= 4 is 28.8 Å². The number of carbonyl (C=O) groups excluding carboxylic acids is 2. The number of hydrogen-bond acceptors (Lipinski definition) is 4. The van der Waals surface area contributed by atoms with Gasteiger partial charge in [-0.3, -0.25) is 9.59 Å². The van der Waals surface area contributed by atoms with Crippen LogP contribution < -0.4 is 15.0 Å². The van der Waals surface area contributed by atoms with Crippen molar-refractivity contribution in [1.29, 1.82) is 0 Å². The van der Waals surface area contributed by atoms with Gasteiger partial charge >= 0.3 is 0 Å². The summed E-state index contributed by atoms with van der Waals surface area (Å²) in [6.07, 6.45) is 0. The van der Waals surface area contributed by atoms with Crippen LogP contribution in [0, 0.1) is 25.5 Å². The highest BCUT2D eigenvalue weighted by atomic mass is 19.1. The van der Waals surface area contributed by atoms with E-state index in [2.05, 4.69) is 5.32 Å². The molecule has 5 nitrogen and oxygen atoms in total. The highest BCUT2D eigenvalue weighted by molar-refractivity contribution is 6.46. The van der Waals surface area contributed by atoms with E-state index < -0.39 is 23.4 Å². The standard InChI is InChI=1S/C25H20F2N2O3/c1-14-8-9-16(12-15(14)2)22-23(28-19-6-4-5-7-21(19)32-3)25(31)29(24(22)30)20-11-10-17(26)13-18(20)27/h4-13,28H,1-3H3. The van der Waals surface area contributed by atoms with Crippen molar-refractivity contribution in [3.8, 4) is 5.75 Å². The summed E-state index contributed by atoms with van der Waals surface area (Å²) in [5, 5.41) is 3.00. The second-order valence-corrected chi connectivity index (χ2v) is 7.42. The molecular formula is C25H20F2N2O3. The predicted octanol–water partition coefficient (Wildman–Crippen LogP) is 4.99. The summed E-state index contributed by atoms with van der Waals surface area (Å²) >= 11 is 0. The minimum Gasteiger partial charge on any atom is -0.495 e. The van der Waals surface area contributed by atoms with E-state index in [1.54, 1.807) is 36.4 Å². The van der Waals surface area contributed by atoms with Crippen LogP contribution in [0.3, 0.4) is 0 Å². The zero-order valence-electron chi connectivity index (χ0n) is 17.7. The number of aryl methyl sites for hydroxylation is 2. The van der Waals surface area contributed by atoms with Gasteiger partial charge in [-0.05, 0) is 54.8 Å². The van der Waals surface area contributed by atoms with Crippen LogP contribution in [0.5, 0.6) is 5.75 Å². The third-order valence-electron chi connectivity index (χ3n) is 5.40. The number of benzene rings is 3. The molecule has 1 aliphatic heterocycles. The molecule has 0 aromatic heterocycles. The summed E-state index contributed by atoms with van der Waals surface area (Å²) in [6, 6.07) is 15.0. The minimum atomic E-state index is -1.01. The molecule has 1 aliphatic rings. The lowest BCUT2D eigenvalue weighted by atomic mass is 9.99. The number of amides is 2. The van der Waals surface area contributed by atoms with Crippen LogP contribution in [-0.4, -0.2) is 18.9 Å². The first kappa shape index (κ1) is 21.2. The largest absolute Gasteiger partial charge is 0.495 e. The molecule has 162 valence electrons. The van der Waals surface area contributed by atoms with Gasteiger partial charge in [0.25, 0.3) is 11.8 Å². The molecule has 4 rings (SSSR count). The minimum absolute atomic E-state index is 0.0218. The molecule has 0 radical (unpaired) electrons. The predicted molar refractivity (Wildman–Crippen MR) is 118 cm³/mol. The number of para-hydroxylation sites is 2. The fourth-order valence-corrected chi connectivity index (χ4v) is 3.57. The Morgan fingerprint density at radius 3 is 2.31 bits per heavy atom. The fraction of sp³-hybridized carbons (Fsp3) is 0.120. The number of methoxy groups -OCH3 is 1. The smallest absolute Gasteiger partial charge is 0.282 e. The monoisotopic (exact) mass is 434 g/mol. The van der Waals surface area contributed by atoms with Gasteiger partial charge < -0.3 is 10.1 Å². The van der Waals surface area contributed by atoms with Gasteiger partial charge in [0, 0.05) is 6.07 Å².